The zero-order valence-electron chi connectivity index (χ0n) is 16.3. The monoisotopic (exact) mass is 350 g/mol. The molecule has 0 amide bonds. The molecule has 0 aliphatic heterocycles. The molecule has 2 saturated carbocycles. The van der Waals surface area contributed by atoms with E-state index >= 15 is 0 Å². The fourth-order valence-corrected chi connectivity index (χ4v) is 4.71. The van der Waals surface area contributed by atoms with Crippen LogP contribution in [0.15, 0.2) is 23.8 Å². The molecule has 2 rings (SSSR count). The summed E-state index contributed by atoms with van der Waals surface area (Å²) in [6, 6.07) is 0. The van der Waals surface area contributed by atoms with Gasteiger partial charge in [0.1, 0.15) is 6.10 Å². The van der Waals surface area contributed by atoms with Crippen molar-refractivity contribution in [2.24, 2.45) is 23.2 Å². The van der Waals surface area contributed by atoms with E-state index in [2.05, 4.69) is 20.4 Å². The van der Waals surface area contributed by atoms with Crippen molar-refractivity contribution in [2.45, 2.75) is 78.6 Å². The number of rotatable bonds is 4. The van der Waals surface area contributed by atoms with Gasteiger partial charge in [-0.25, -0.2) is 4.79 Å². The smallest absolute Gasteiger partial charge is 0.331 e. The van der Waals surface area contributed by atoms with Gasteiger partial charge in [-0.15, -0.1) is 0 Å². The van der Waals surface area contributed by atoms with Crippen LogP contribution < -0.4 is 0 Å². The van der Waals surface area contributed by atoms with Gasteiger partial charge in [0.15, 0.2) is 0 Å². The van der Waals surface area contributed by atoms with Crippen LogP contribution in [0.25, 0.3) is 0 Å². The molecule has 0 aromatic rings. The topological polar surface area (TPSA) is 66.8 Å². The van der Waals surface area contributed by atoms with Gasteiger partial charge in [0.2, 0.25) is 0 Å². The molecule has 0 heterocycles. The molecule has 4 heteroatoms. The highest BCUT2D eigenvalue weighted by atomic mass is 16.6. The van der Waals surface area contributed by atoms with Crippen LogP contribution in [0.5, 0.6) is 0 Å². The zero-order chi connectivity index (χ0) is 18.9. The van der Waals surface area contributed by atoms with Crippen molar-refractivity contribution >= 4 is 5.97 Å². The van der Waals surface area contributed by atoms with Crippen molar-refractivity contribution in [3.05, 3.63) is 23.8 Å². The maximum absolute atomic E-state index is 12.3. The molecule has 2 aliphatic carbocycles. The van der Waals surface area contributed by atoms with Crippen LogP contribution in [0.2, 0.25) is 0 Å². The largest absolute Gasteiger partial charge is 0.456 e. The summed E-state index contributed by atoms with van der Waals surface area (Å²) in [5.74, 6) is -0.241. The average molecular weight is 350 g/mol. The molecular formula is C21H34O4. The predicted octanol–water partition coefficient (Wildman–Crippen LogP) is 3.62. The van der Waals surface area contributed by atoms with E-state index in [0.29, 0.717) is 12.3 Å². The predicted molar refractivity (Wildman–Crippen MR) is 98.9 cm³/mol. The van der Waals surface area contributed by atoms with Crippen molar-refractivity contribution in [2.75, 3.05) is 0 Å². The second-order valence-corrected chi connectivity index (χ2v) is 8.53. The molecule has 7 unspecified atom stereocenters. The Kier molecular flexibility index (Phi) is 6.16. The summed E-state index contributed by atoms with van der Waals surface area (Å²) >= 11 is 0. The van der Waals surface area contributed by atoms with Gasteiger partial charge >= 0.3 is 5.97 Å². The van der Waals surface area contributed by atoms with E-state index in [9.17, 15) is 15.0 Å². The Hall–Kier alpha value is -1.13. The quantitative estimate of drug-likeness (QED) is 0.462. The first-order valence-corrected chi connectivity index (χ1v) is 9.49. The van der Waals surface area contributed by atoms with E-state index < -0.39 is 24.3 Å². The summed E-state index contributed by atoms with van der Waals surface area (Å²) in [4.78, 5) is 12.3. The standard InChI is InChI=1S/C21H34O4/c1-7-13(4)8-18(23)25-20-17-10-15(22)9-14(5)21(17,6)11-16(12(2)3)19(20)24/h8,14-17,19-20,22,24H,2,7,9-11H2,1,3-6H3/b13-8-. The first kappa shape index (κ1) is 20.2. The summed E-state index contributed by atoms with van der Waals surface area (Å²) < 4.78 is 5.77. The Balaban J connectivity index is 2.35. The summed E-state index contributed by atoms with van der Waals surface area (Å²) in [6.45, 7) is 14.2. The molecule has 0 aromatic carbocycles. The number of aliphatic hydroxyl groups is 2. The van der Waals surface area contributed by atoms with Crippen LogP contribution in [-0.2, 0) is 9.53 Å². The molecule has 0 bridgehead atoms. The normalized spacial score (nSPS) is 41.8. The first-order chi connectivity index (χ1) is 11.6. The van der Waals surface area contributed by atoms with E-state index in [4.69, 9.17) is 4.74 Å². The molecule has 0 radical (unpaired) electrons. The molecule has 2 N–H and O–H groups in total. The van der Waals surface area contributed by atoms with Gasteiger partial charge in [-0.05, 0) is 50.9 Å². The molecule has 0 spiro atoms. The summed E-state index contributed by atoms with van der Waals surface area (Å²) in [7, 11) is 0. The Morgan fingerprint density at radius 2 is 1.96 bits per heavy atom. The van der Waals surface area contributed by atoms with Crippen LogP contribution >= 0.6 is 0 Å². The van der Waals surface area contributed by atoms with Gasteiger partial charge < -0.3 is 14.9 Å². The Bertz CT molecular complexity index is 552. The van der Waals surface area contributed by atoms with Crippen molar-refractivity contribution in [1.29, 1.82) is 0 Å². The van der Waals surface area contributed by atoms with Crippen LogP contribution in [-0.4, -0.2) is 34.5 Å². The highest BCUT2D eigenvalue weighted by molar-refractivity contribution is 5.82. The SMILES string of the molecule is C=C(C)C1CC2(C)C(C)CC(O)CC2C(OC(=O)/C=C(/C)CC)C1O. The molecule has 2 fully saturated rings. The number of hydrogen-bond acceptors (Lipinski definition) is 4. The van der Waals surface area contributed by atoms with Crippen molar-refractivity contribution < 1.29 is 19.7 Å². The molecule has 25 heavy (non-hydrogen) atoms. The molecule has 7 atom stereocenters. The Labute approximate surface area is 152 Å². The van der Waals surface area contributed by atoms with Crippen molar-refractivity contribution in [3.63, 3.8) is 0 Å². The molecule has 4 nitrogen and oxygen atoms in total. The maximum atomic E-state index is 12.3. The second kappa shape index (κ2) is 7.63. The second-order valence-electron chi connectivity index (χ2n) is 8.53. The lowest BCUT2D eigenvalue weighted by molar-refractivity contribution is -0.193. The lowest BCUT2D eigenvalue weighted by Crippen LogP contribution is -2.59. The number of aliphatic hydroxyl groups excluding tert-OH is 2. The maximum Gasteiger partial charge on any atom is 0.331 e. The highest BCUT2D eigenvalue weighted by Gasteiger charge is 2.56. The fourth-order valence-electron chi connectivity index (χ4n) is 4.71. The van der Waals surface area contributed by atoms with Gasteiger partial charge in [0.25, 0.3) is 0 Å². The third-order valence-electron chi connectivity index (χ3n) is 6.74. The van der Waals surface area contributed by atoms with Gasteiger partial charge in [-0.1, -0.05) is 38.5 Å². The average Bonchev–Trinajstić information content (AvgIpc) is 2.52. The minimum atomic E-state index is -0.771. The van der Waals surface area contributed by atoms with Crippen molar-refractivity contribution in [1.82, 2.24) is 0 Å². The number of carbonyl (C=O) groups is 1. The van der Waals surface area contributed by atoms with E-state index in [1.165, 1.54) is 6.08 Å². The fraction of sp³-hybridized carbons (Fsp3) is 0.762. The molecular weight excluding hydrogens is 316 g/mol. The first-order valence-electron chi connectivity index (χ1n) is 9.49. The number of ether oxygens (including phenoxy) is 1. The third-order valence-corrected chi connectivity index (χ3v) is 6.74. The zero-order valence-corrected chi connectivity index (χ0v) is 16.3. The van der Waals surface area contributed by atoms with E-state index in [0.717, 1.165) is 30.4 Å². The molecule has 2 aliphatic rings. The molecule has 0 aromatic heterocycles. The lowest BCUT2D eigenvalue weighted by atomic mass is 9.51. The van der Waals surface area contributed by atoms with E-state index in [1.807, 2.05) is 20.8 Å². The molecule has 0 saturated heterocycles. The molecule has 142 valence electrons. The van der Waals surface area contributed by atoms with Crippen LogP contribution in [0.4, 0.5) is 0 Å². The summed E-state index contributed by atoms with van der Waals surface area (Å²) in [6.07, 6.45) is 2.65. The van der Waals surface area contributed by atoms with Gasteiger partial charge in [0, 0.05) is 17.9 Å². The van der Waals surface area contributed by atoms with Gasteiger partial charge in [-0.3, -0.25) is 0 Å². The number of allylic oxidation sites excluding steroid dienone is 1. The van der Waals surface area contributed by atoms with Gasteiger partial charge in [-0.2, -0.15) is 0 Å². The Morgan fingerprint density at radius 3 is 2.52 bits per heavy atom. The summed E-state index contributed by atoms with van der Waals surface area (Å²) in [5.41, 5.74) is 1.79. The Morgan fingerprint density at radius 1 is 1.32 bits per heavy atom. The van der Waals surface area contributed by atoms with E-state index in [-0.39, 0.29) is 17.3 Å². The number of carbonyl (C=O) groups excluding carboxylic acids is 1. The number of esters is 1. The van der Waals surface area contributed by atoms with Crippen LogP contribution in [0, 0.1) is 23.2 Å². The lowest BCUT2D eigenvalue weighted by Gasteiger charge is -2.57. The van der Waals surface area contributed by atoms with Crippen LogP contribution in [0.1, 0.15) is 60.3 Å². The summed E-state index contributed by atoms with van der Waals surface area (Å²) in [5, 5.41) is 21.2. The van der Waals surface area contributed by atoms with Gasteiger partial charge in [0.05, 0.1) is 12.2 Å². The number of fused-ring (bicyclic) bond motifs is 1. The minimum Gasteiger partial charge on any atom is -0.456 e. The number of hydrogen-bond donors (Lipinski definition) is 2. The minimum absolute atomic E-state index is 0.0452. The van der Waals surface area contributed by atoms with E-state index in [1.54, 1.807) is 0 Å². The highest BCUT2D eigenvalue weighted by Crippen LogP contribution is 2.56. The van der Waals surface area contributed by atoms with Crippen LogP contribution in [0.3, 0.4) is 0 Å². The third kappa shape index (κ3) is 4.01. The van der Waals surface area contributed by atoms with Crippen molar-refractivity contribution in [3.8, 4) is 0 Å².